The second kappa shape index (κ2) is 7.78. The third-order valence-electron chi connectivity index (χ3n) is 3.95. The molecule has 2 rings (SSSR count). The summed E-state index contributed by atoms with van der Waals surface area (Å²) in [5, 5.41) is 2.48. The molecule has 0 bridgehead atoms. The van der Waals surface area contributed by atoms with E-state index in [4.69, 9.17) is 4.74 Å². The van der Waals surface area contributed by atoms with Gasteiger partial charge in [-0.1, -0.05) is 12.1 Å². The zero-order valence-electron chi connectivity index (χ0n) is 15.7. The second-order valence-corrected chi connectivity index (χ2v) is 8.02. The number of ether oxygens (including phenoxy) is 1. The molecule has 6 nitrogen and oxygen atoms in total. The van der Waals surface area contributed by atoms with Crippen molar-refractivity contribution in [1.29, 1.82) is 0 Å². The van der Waals surface area contributed by atoms with Gasteiger partial charge in [-0.3, -0.25) is 9.10 Å². The third-order valence-corrected chi connectivity index (χ3v) is 5.74. The van der Waals surface area contributed by atoms with E-state index in [9.17, 15) is 13.2 Å². The molecule has 1 N–H and O–H groups in total. The number of rotatable bonds is 6. The molecule has 0 spiro atoms. The van der Waals surface area contributed by atoms with Crippen LogP contribution in [0.1, 0.15) is 16.7 Å². The number of nitrogens with one attached hydrogen (secondary N) is 1. The molecule has 2 aromatic rings. The predicted molar refractivity (Wildman–Crippen MR) is 102 cm³/mol. The Labute approximate surface area is 154 Å². The van der Waals surface area contributed by atoms with Crippen molar-refractivity contribution in [2.75, 3.05) is 25.0 Å². The maximum Gasteiger partial charge on any atom is 0.268 e. The Hall–Kier alpha value is -2.54. The fourth-order valence-electron chi connectivity index (χ4n) is 2.72. The Balaban J connectivity index is 2.67. The van der Waals surface area contributed by atoms with Crippen molar-refractivity contribution >= 4 is 21.6 Å². The van der Waals surface area contributed by atoms with Crippen LogP contribution in [0.4, 0.5) is 5.69 Å². The lowest BCUT2D eigenvalue weighted by molar-refractivity contribution is -0.119. The lowest BCUT2D eigenvalue weighted by Crippen LogP contribution is -2.40. The summed E-state index contributed by atoms with van der Waals surface area (Å²) in [7, 11) is -1.12. The maximum atomic E-state index is 13.4. The normalized spacial score (nSPS) is 11.1. The molecule has 0 heterocycles. The number of methoxy groups -OCH3 is 1. The predicted octanol–water partition coefficient (Wildman–Crippen LogP) is 2.56. The monoisotopic (exact) mass is 376 g/mol. The van der Waals surface area contributed by atoms with Gasteiger partial charge in [0.25, 0.3) is 10.0 Å². The van der Waals surface area contributed by atoms with Gasteiger partial charge < -0.3 is 10.1 Å². The van der Waals surface area contributed by atoms with Crippen LogP contribution in [0, 0.1) is 20.8 Å². The number of anilines is 1. The first kappa shape index (κ1) is 19.8. The van der Waals surface area contributed by atoms with E-state index < -0.39 is 15.9 Å². The van der Waals surface area contributed by atoms with E-state index in [1.165, 1.54) is 14.2 Å². The van der Waals surface area contributed by atoms with Gasteiger partial charge in [-0.05, 0) is 61.7 Å². The molecule has 0 aromatic heterocycles. The van der Waals surface area contributed by atoms with E-state index in [1.807, 2.05) is 19.9 Å². The number of sulfonamides is 1. The number of likely N-dealkylation sites (N-methyl/N-ethyl adjacent to an activating group) is 1. The van der Waals surface area contributed by atoms with Crippen molar-refractivity contribution in [2.24, 2.45) is 0 Å². The number of benzene rings is 2. The number of carbonyl (C=O) groups excluding carboxylic acids is 1. The van der Waals surface area contributed by atoms with Crippen LogP contribution in [0.2, 0.25) is 0 Å². The van der Waals surface area contributed by atoms with Crippen LogP contribution < -0.4 is 14.4 Å². The van der Waals surface area contributed by atoms with Crippen molar-refractivity contribution in [3.63, 3.8) is 0 Å². The van der Waals surface area contributed by atoms with Gasteiger partial charge in [0.2, 0.25) is 5.91 Å². The van der Waals surface area contributed by atoms with E-state index in [0.29, 0.717) is 5.69 Å². The van der Waals surface area contributed by atoms with Gasteiger partial charge in [0, 0.05) is 7.05 Å². The van der Waals surface area contributed by atoms with Crippen LogP contribution >= 0.6 is 0 Å². The zero-order valence-corrected chi connectivity index (χ0v) is 16.5. The molecule has 0 unspecified atom stereocenters. The van der Waals surface area contributed by atoms with Crippen molar-refractivity contribution in [3.05, 3.63) is 53.1 Å². The summed E-state index contributed by atoms with van der Waals surface area (Å²) in [6.07, 6.45) is 0. The number of carbonyl (C=O) groups is 1. The highest BCUT2D eigenvalue weighted by atomic mass is 32.2. The van der Waals surface area contributed by atoms with E-state index in [1.54, 1.807) is 37.3 Å². The minimum Gasteiger partial charge on any atom is -0.495 e. The molecule has 0 saturated heterocycles. The largest absolute Gasteiger partial charge is 0.495 e. The summed E-state index contributed by atoms with van der Waals surface area (Å²) in [4.78, 5) is 12.0. The molecule has 0 radical (unpaired) electrons. The smallest absolute Gasteiger partial charge is 0.268 e. The summed E-state index contributed by atoms with van der Waals surface area (Å²) in [5.41, 5.74) is 3.04. The molecule has 0 aliphatic rings. The Morgan fingerprint density at radius 2 is 1.65 bits per heavy atom. The van der Waals surface area contributed by atoms with Crippen LogP contribution in [0.25, 0.3) is 0 Å². The Morgan fingerprint density at radius 3 is 2.19 bits per heavy atom. The molecule has 0 saturated carbocycles. The quantitative estimate of drug-likeness (QED) is 0.841. The molecule has 0 aliphatic heterocycles. The average Bonchev–Trinajstić information content (AvgIpc) is 2.58. The molecular formula is C19H24N2O4S. The van der Waals surface area contributed by atoms with Crippen molar-refractivity contribution in [3.8, 4) is 5.75 Å². The summed E-state index contributed by atoms with van der Waals surface area (Å²) in [5.74, 6) is -0.166. The summed E-state index contributed by atoms with van der Waals surface area (Å²) >= 11 is 0. The minimum absolute atomic E-state index is 0.0306. The third kappa shape index (κ3) is 4.16. The zero-order chi connectivity index (χ0) is 19.5. The lowest BCUT2D eigenvalue weighted by atomic mass is 10.1. The van der Waals surface area contributed by atoms with Gasteiger partial charge in [0.1, 0.15) is 17.2 Å². The maximum absolute atomic E-state index is 13.4. The fraction of sp³-hybridized carbons (Fsp3) is 0.316. The topological polar surface area (TPSA) is 75.7 Å². The SMILES string of the molecule is CNC(=O)CN(c1cc(C)cc(C)c1)S(=O)(=O)c1cc(C)ccc1OC. The first-order valence-electron chi connectivity index (χ1n) is 8.15. The van der Waals surface area contributed by atoms with E-state index >= 15 is 0 Å². The Bertz CT molecular complexity index is 903. The Kier molecular flexibility index (Phi) is 5.92. The van der Waals surface area contributed by atoms with Gasteiger partial charge in [-0.2, -0.15) is 0 Å². The molecule has 7 heteroatoms. The molecule has 2 aromatic carbocycles. The molecule has 0 aliphatic carbocycles. The first-order valence-corrected chi connectivity index (χ1v) is 9.59. The highest BCUT2D eigenvalue weighted by Crippen LogP contribution is 2.31. The molecule has 140 valence electrons. The molecular weight excluding hydrogens is 352 g/mol. The van der Waals surface area contributed by atoms with Gasteiger partial charge >= 0.3 is 0 Å². The van der Waals surface area contributed by atoms with Crippen LogP contribution in [0.5, 0.6) is 5.75 Å². The van der Waals surface area contributed by atoms with Gasteiger partial charge in [-0.15, -0.1) is 0 Å². The first-order chi connectivity index (χ1) is 12.2. The minimum atomic E-state index is -4.01. The highest BCUT2D eigenvalue weighted by molar-refractivity contribution is 7.93. The van der Waals surface area contributed by atoms with Crippen LogP contribution in [-0.2, 0) is 14.8 Å². The fourth-order valence-corrected chi connectivity index (χ4v) is 4.37. The molecule has 0 atom stereocenters. The molecule has 1 amide bonds. The highest BCUT2D eigenvalue weighted by Gasteiger charge is 2.30. The van der Waals surface area contributed by atoms with Crippen LogP contribution in [-0.4, -0.2) is 35.0 Å². The summed E-state index contributed by atoms with van der Waals surface area (Å²) < 4.78 is 33.2. The van der Waals surface area contributed by atoms with E-state index in [0.717, 1.165) is 21.0 Å². The summed E-state index contributed by atoms with van der Waals surface area (Å²) in [6, 6.07) is 10.4. The van der Waals surface area contributed by atoms with Crippen molar-refractivity contribution < 1.29 is 17.9 Å². The van der Waals surface area contributed by atoms with E-state index in [2.05, 4.69) is 5.32 Å². The van der Waals surface area contributed by atoms with Crippen LogP contribution in [0.15, 0.2) is 41.3 Å². The lowest BCUT2D eigenvalue weighted by Gasteiger charge is -2.25. The number of hydrogen-bond acceptors (Lipinski definition) is 4. The van der Waals surface area contributed by atoms with Crippen molar-refractivity contribution in [1.82, 2.24) is 5.32 Å². The van der Waals surface area contributed by atoms with Gasteiger partial charge in [-0.25, -0.2) is 8.42 Å². The molecule has 26 heavy (non-hydrogen) atoms. The Morgan fingerprint density at radius 1 is 1.04 bits per heavy atom. The number of hydrogen-bond donors (Lipinski definition) is 1. The number of nitrogens with zero attached hydrogens (tertiary/aromatic N) is 1. The van der Waals surface area contributed by atoms with Gasteiger partial charge in [0.05, 0.1) is 12.8 Å². The number of amides is 1. The number of aryl methyl sites for hydroxylation is 3. The standard InChI is InChI=1S/C19H24N2O4S/c1-13-6-7-17(25-5)18(11-13)26(23,24)21(12-19(22)20-4)16-9-14(2)8-15(3)10-16/h6-11H,12H2,1-5H3,(H,20,22). The summed E-state index contributed by atoms with van der Waals surface area (Å²) in [6.45, 7) is 5.25. The van der Waals surface area contributed by atoms with E-state index in [-0.39, 0.29) is 17.2 Å². The van der Waals surface area contributed by atoms with Crippen LogP contribution in [0.3, 0.4) is 0 Å². The molecule has 0 fully saturated rings. The second-order valence-electron chi connectivity index (χ2n) is 6.19. The average molecular weight is 376 g/mol. The van der Waals surface area contributed by atoms with Crippen molar-refractivity contribution in [2.45, 2.75) is 25.7 Å². The van der Waals surface area contributed by atoms with Gasteiger partial charge in [0.15, 0.2) is 0 Å².